The van der Waals surface area contributed by atoms with E-state index < -0.39 is 17.3 Å². The van der Waals surface area contributed by atoms with E-state index in [1.807, 2.05) is 19.1 Å². The molecule has 0 radical (unpaired) electrons. The van der Waals surface area contributed by atoms with E-state index in [1.54, 1.807) is 12.1 Å². The van der Waals surface area contributed by atoms with Gasteiger partial charge in [-0.05, 0) is 36.1 Å². The molecule has 1 atom stereocenters. The molecular formula is C17H17F3O. The van der Waals surface area contributed by atoms with Crippen LogP contribution in [0.15, 0.2) is 48.5 Å². The zero-order chi connectivity index (χ0) is 15.7. The molecule has 4 heteroatoms. The fourth-order valence-electron chi connectivity index (χ4n) is 2.38. The number of benzene rings is 2. The largest absolute Gasteiger partial charge is 0.416 e. The van der Waals surface area contributed by atoms with Crippen LogP contribution in [0.4, 0.5) is 13.2 Å². The van der Waals surface area contributed by atoms with Crippen molar-refractivity contribution in [2.45, 2.75) is 32.0 Å². The number of halogens is 3. The van der Waals surface area contributed by atoms with E-state index in [4.69, 9.17) is 0 Å². The molecule has 2 aromatic rings. The lowest BCUT2D eigenvalue weighted by Crippen LogP contribution is -2.27. The smallest absolute Gasteiger partial charge is 0.381 e. The van der Waals surface area contributed by atoms with Crippen molar-refractivity contribution in [3.8, 4) is 0 Å². The van der Waals surface area contributed by atoms with Gasteiger partial charge < -0.3 is 5.11 Å². The van der Waals surface area contributed by atoms with E-state index in [0.29, 0.717) is 5.56 Å². The molecule has 21 heavy (non-hydrogen) atoms. The predicted molar refractivity (Wildman–Crippen MR) is 75.9 cm³/mol. The second kappa shape index (κ2) is 5.53. The van der Waals surface area contributed by atoms with Gasteiger partial charge in [-0.1, -0.05) is 49.4 Å². The van der Waals surface area contributed by atoms with Crippen LogP contribution in [0.5, 0.6) is 0 Å². The first-order valence-corrected chi connectivity index (χ1v) is 6.75. The molecule has 0 aliphatic carbocycles. The second-order valence-electron chi connectivity index (χ2n) is 5.17. The van der Waals surface area contributed by atoms with Gasteiger partial charge in [-0.2, -0.15) is 13.2 Å². The lowest BCUT2D eigenvalue weighted by atomic mass is 9.84. The molecule has 0 amide bonds. The Bertz CT molecular complexity index is 613. The van der Waals surface area contributed by atoms with Crippen LogP contribution in [0.25, 0.3) is 0 Å². The van der Waals surface area contributed by atoms with Crippen molar-refractivity contribution in [3.63, 3.8) is 0 Å². The maximum Gasteiger partial charge on any atom is 0.416 e. The molecule has 0 aliphatic heterocycles. The normalized spacial score (nSPS) is 14.8. The fraction of sp³-hybridized carbons (Fsp3) is 0.294. The summed E-state index contributed by atoms with van der Waals surface area (Å²) in [5.41, 5.74) is -1.13. The Balaban J connectivity index is 2.53. The first-order valence-electron chi connectivity index (χ1n) is 6.75. The first-order chi connectivity index (χ1) is 9.76. The average Bonchev–Trinajstić information content (AvgIpc) is 2.46. The lowest BCUT2D eigenvalue weighted by Gasteiger charge is -2.28. The first kappa shape index (κ1) is 15.6. The molecule has 1 nitrogen and oxygen atoms in total. The summed E-state index contributed by atoms with van der Waals surface area (Å²) in [6, 6.07) is 12.1. The SMILES string of the molecule is CCc1ccc(C(C)(O)c2ccccc2C(F)(F)F)cc1. The highest BCUT2D eigenvalue weighted by molar-refractivity contribution is 5.42. The summed E-state index contributed by atoms with van der Waals surface area (Å²) >= 11 is 0. The van der Waals surface area contributed by atoms with Crippen LogP contribution in [0.1, 0.15) is 36.1 Å². The fourth-order valence-corrected chi connectivity index (χ4v) is 2.38. The van der Waals surface area contributed by atoms with Crippen molar-refractivity contribution in [1.82, 2.24) is 0 Å². The van der Waals surface area contributed by atoms with Crippen molar-refractivity contribution in [1.29, 1.82) is 0 Å². The van der Waals surface area contributed by atoms with E-state index in [-0.39, 0.29) is 5.56 Å². The van der Waals surface area contributed by atoms with Gasteiger partial charge in [0.25, 0.3) is 0 Å². The minimum absolute atomic E-state index is 0.137. The number of aryl methyl sites for hydroxylation is 1. The lowest BCUT2D eigenvalue weighted by molar-refractivity contribution is -0.139. The van der Waals surface area contributed by atoms with Crippen molar-refractivity contribution >= 4 is 0 Å². The van der Waals surface area contributed by atoms with Crippen LogP contribution in [0.3, 0.4) is 0 Å². The summed E-state index contributed by atoms with van der Waals surface area (Å²) in [4.78, 5) is 0. The molecule has 0 fully saturated rings. The highest BCUT2D eigenvalue weighted by Gasteiger charge is 2.39. The van der Waals surface area contributed by atoms with E-state index in [1.165, 1.54) is 25.1 Å². The highest BCUT2D eigenvalue weighted by Crippen LogP contribution is 2.39. The van der Waals surface area contributed by atoms with Gasteiger partial charge in [-0.3, -0.25) is 0 Å². The zero-order valence-corrected chi connectivity index (χ0v) is 11.9. The van der Waals surface area contributed by atoms with Crippen molar-refractivity contribution < 1.29 is 18.3 Å². The molecule has 1 N–H and O–H groups in total. The molecule has 2 rings (SSSR count). The summed E-state index contributed by atoms with van der Waals surface area (Å²) in [5.74, 6) is 0. The number of hydrogen-bond donors (Lipinski definition) is 1. The number of alkyl halides is 3. The Kier molecular flexibility index (Phi) is 4.10. The average molecular weight is 294 g/mol. The third-order valence-corrected chi connectivity index (χ3v) is 3.68. The quantitative estimate of drug-likeness (QED) is 0.882. The summed E-state index contributed by atoms with van der Waals surface area (Å²) in [7, 11) is 0. The molecule has 0 spiro atoms. The summed E-state index contributed by atoms with van der Waals surface area (Å²) < 4.78 is 39.3. The minimum Gasteiger partial charge on any atom is -0.381 e. The van der Waals surface area contributed by atoms with E-state index in [0.717, 1.165) is 18.1 Å². The monoisotopic (exact) mass is 294 g/mol. The predicted octanol–water partition coefficient (Wildman–Crippen LogP) is 4.52. The standard InChI is InChI=1S/C17H17F3O/c1-3-12-8-10-13(11-9-12)16(2,21)14-6-4-5-7-15(14)17(18,19)20/h4-11,21H,3H2,1-2H3. The Hall–Kier alpha value is -1.81. The van der Waals surface area contributed by atoms with E-state index in [2.05, 4.69) is 0 Å². The van der Waals surface area contributed by atoms with Gasteiger partial charge >= 0.3 is 6.18 Å². The maximum absolute atomic E-state index is 13.1. The Morgan fingerprint density at radius 2 is 1.43 bits per heavy atom. The topological polar surface area (TPSA) is 20.2 Å². The van der Waals surface area contributed by atoms with Crippen LogP contribution in [0, 0.1) is 0 Å². The molecule has 0 aliphatic rings. The molecule has 0 bridgehead atoms. The van der Waals surface area contributed by atoms with Crippen LogP contribution < -0.4 is 0 Å². The molecule has 0 saturated carbocycles. The Morgan fingerprint density at radius 3 is 1.90 bits per heavy atom. The zero-order valence-electron chi connectivity index (χ0n) is 11.9. The minimum atomic E-state index is -4.50. The molecule has 112 valence electrons. The van der Waals surface area contributed by atoms with Gasteiger partial charge in [-0.15, -0.1) is 0 Å². The number of rotatable bonds is 3. The van der Waals surface area contributed by atoms with Crippen LogP contribution in [-0.2, 0) is 18.2 Å². The van der Waals surface area contributed by atoms with Gasteiger partial charge in [0.15, 0.2) is 0 Å². The van der Waals surface area contributed by atoms with Crippen molar-refractivity contribution in [2.24, 2.45) is 0 Å². The summed E-state index contributed by atoms with van der Waals surface area (Å²) in [5, 5.41) is 10.7. The van der Waals surface area contributed by atoms with Gasteiger partial charge in [0.2, 0.25) is 0 Å². The van der Waals surface area contributed by atoms with Crippen LogP contribution in [-0.4, -0.2) is 5.11 Å². The molecule has 0 saturated heterocycles. The molecular weight excluding hydrogens is 277 g/mol. The van der Waals surface area contributed by atoms with E-state index >= 15 is 0 Å². The summed E-state index contributed by atoms with van der Waals surface area (Å²) in [6.45, 7) is 3.38. The van der Waals surface area contributed by atoms with Crippen LogP contribution >= 0.6 is 0 Å². The van der Waals surface area contributed by atoms with Crippen LogP contribution in [0.2, 0.25) is 0 Å². The number of aliphatic hydroxyl groups is 1. The summed E-state index contributed by atoms with van der Waals surface area (Å²) in [6.07, 6.45) is -3.66. The van der Waals surface area contributed by atoms with Crippen molar-refractivity contribution in [3.05, 3.63) is 70.8 Å². The molecule has 0 heterocycles. The third-order valence-electron chi connectivity index (χ3n) is 3.68. The van der Waals surface area contributed by atoms with Gasteiger partial charge in [0.1, 0.15) is 5.60 Å². The van der Waals surface area contributed by atoms with Gasteiger partial charge in [-0.25, -0.2) is 0 Å². The number of hydrogen-bond acceptors (Lipinski definition) is 1. The molecule has 2 aromatic carbocycles. The highest BCUT2D eigenvalue weighted by atomic mass is 19.4. The molecule has 1 unspecified atom stereocenters. The maximum atomic E-state index is 13.1. The Labute approximate surface area is 122 Å². The van der Waals surface area contributed by atoms with Crippen molar-refractivity contribution in [2.75, 3.05) is 0 Å². The van der Waals surface area contributed by atoms with E-state index in [9.17, 15) is 18.3 Å². The van der Waals surface area contributed by atoms with Gasteiger partial charge in [0, 0.05) is 0 Å². The Morgan fingerprint density at radius 1 is 0.905 bits per heavy atom. The third kappa shape index (κ3) is 3.10. The molecule has 0 aromatic heterocycles. The van der Waals surface area contributed by atoms with Gasteiger partial charge in [0.05, 0.1) is 5.56 Å². The second-order valence-corrected chi connectivity index (χ2v) is 5.17.